The van der Waals surface area contributed by atoms with Gasteiger partial charge in [0.25, 0.3) is 0 Å². The van der Waals surface area contributed by atoms with Crippen LogP contribution in [0.25, 0.3) is 0 Å². The van der Waals surface area contributed by atoms with Crippen LogP contribution in [0.2, 0.25) is 0 Å². The van der Waals surface area contributed by atoms with Gasteiger partial charge in [-0.2, -0.15) is 5.26 Å². The van der Waals surface area contributed by atoms with Crippen LogP contribution in [-0.2, 0) is 6.42 Å². The van der Waals surface area contributed by atoms with Crippen molar-refractivity contribution in [1.29, 1.82) is 5.26 Å². The van der Waals surface area contributed by atoms with Crippen LogP contribution in [0.4, 0.5) is 0 Å². The van der Waals surface area contributed by atoms with Crippen LogP contribution in [0.5, 0.6) is 0 Å². The van der Waals surface area contributed by atoms with Gasteiger partial charge >= 0.3 is 0 Å². The molecule has 2 fully saturated rings. The van der Waals surface area contributed by atoms with Crippen molar-refractivity contribution in [3.05, 3.63) is 34.9 Å². The number of likely N-dealkylation sites (tertiary alicyclic amines) is 1. The van der Waals surface area contributed by atoms with Crippen molar-refractivity contribution in [2.24, 2.45) is 11.8 Å². The zero-order valence-electron chi connectivity index (χ0n) is 12.2. The van der Waals surface area contributed by atoms with E-state index in [1.807, 2.05) is 6.07 Å². The molecule has 1 aromatic carbocycles. The smallest absolute Gasteiger partial charge is 0.0991 e. The molecule has 2 nitrogen and oxygen atoms in total. The molecule has 104 valence electrons. The number of hydrogen-bond acceptors (Lipinski definition) is 2. The summed E-state index contributed by atoms with van der Waals surface area (Å²) in [6.45, 7) is 5.01. The molecule has 1 heterocycles. The minimum Gasteiger partial charge on any atom is -0.299 e. The van der Waals surface area contributed by atoms with E-state index in [2.05, 4.69) is 30.0 Å². The van der Waals surface area contributed by atoms with Crippen LogP contribution >= 0.6 is 0 Å². The van der Waals surface area contributed by atoms with Gasteiger partial charge in [-0.25, -0.2) is 0 Å². The maximum atomic E-state index is 9.12. The second-order valence-corrected chi connectivity index (χ2v) is 6.99. The Morgan fingerprint density at radius 3 is 2.90 bits per heavy atom. The van der Waals surface area contributed by atoms with Crippen molar-refractivity contribution in [3.8, 4) is 6.07 Å². The quantitative estimate of drug-likeness (QED) is 0.821. The monoisotopic (exact) mass is 266 g/mol. The topological polar surface area (TPSA) is 27.0 Å². The van der Waals surface area contributed by atoms with Crippen LogP contribution in [0.3, 0.4) is 0 Å². The number of rotatable bonds is 2. The molecule has 0 spiro atoms. The Hall–Kier alpha value is -1.33. The molecule has 1 aliphatic heterocycles. The third kappa shape index (κ3) is 1.96. The molecule has 2 unspecified atom stereocenters. The lowest BCUT2D eigenvalue weighted by molar-refractivity contribution is 0.0699. The molecular formula is C18H22N2. The molecule has 1 aromatic rings. The van der Waals surface area contributed by atoms with E-state index in [4.69, 9.17) is 5.26 Å². The van der Waals surface area contributed by atoms with E-state index in [1.165, 1.54) is 49.9 Å². The van der Waals surface area contributed by atoms with Gasteiger partial charge in [-0.1, -0.05) is 13.0 Å². The van der Waals surface area contributed by atoms with Crippen LogP contribution in [0.1, 0.15) is 48.8 Å². The van der Waals surface area contributed by atoms with Gasteiger partial charge in [-0.05, 0) is 73.2 Å². The van der Waals surface area contributed by atoms with E-state index in [0.717, 1.165) is 23.4 Å². The summed E-state index contributed by atoms with van der Waals surface area (Å²) in [5, 5.41) is 9.12. The van der Waals surface area contributed by atoms with Crippen molar-refractivity contribution in [1.82, 2.24) is 4.90 Å². The first-order chi connectivity index (χ1) is 9.76. The lowest BCUT2D eigenvalue weighted by Gasteiger charge is -2.49. The maximum absolute atomic E-state index is 9.12. The van der Waals surface area contributed by atoms with Crippen molar-refractivity contribution >= 4 is 0 Å². The second-order valence-electron chi connectivity index (χ2n) is 6.99. The van der Waals surface area contributed by atoms with Crippen LogP contribution < -0.4 is 0 Å². The van der Waals surface area contributed by atoms with Gasteiger partial charge < -0.3 is 0 Å². The fourth-order valence-corrected chi connectivity index (χ4v) is 4.37. The van der Waals surface area contributed by atoms with Crippen molar-refractivity contribution in [2.45, 2.75) is 44.6 Å². The van der Waals surface area contributed by atoms with Crippen LogP contribution in [-0.4, -0.2) is 24.0 Å². The molecule has 0 amide bonds. The fourth-order valence-electron chi connectivity index (χ4n) is 4.37. The summed E-state index contributed by atoms with van der Waals surface area (Å²) in [5.74, 6) is 2.40. The largest absolute Gasteiger partial charge is 0.299 e. The molecule has 4 rings (SSSR count). The molecule has 3 aliphatic rings. The fraction of sp³-hybridized carbons (Fsp3) is 0.611. The lowest BCUT2D eigenvalue weighted by atomic mass is 9.68. The summed E-state index contributed by atoms with van der Waals surface area (Å²) < 4.78 is 0. The van der Waals surface area contributed by atoms with Gasteiger partial charge in [0, 0.05) is 12.6 Å². The Morgan fingerprint density at radius 1 is 1.30 bits per heavy atom. The summed E-state index contributed by atoms with van der Waals surface area (Å²) in [7, 11) is 0. The number of nitrogens with zero attached hydrogens (tertiary/aromatic N) is 2. The molecule has 0 aromatic heterocycles. The molecule has 3 atom stereocenters. The molecule has 1 saturated carbocycles. The molecule has 2 bridgehead atoms. The minimum absolute atomic E-state index is 0.674. The Balaban J connectivity index is 1.66. The SMILES string of the molecule is C[C@@H]1C2CCN(CC3CC3)C1Cc1ccc(C#N)cc12. The first kappa shape index (κ1) is 12.4. The highest BCUT2D eigenvalue weighted by Crippen LogP contribution is 2.45. The average Bonchev–Trinajstić information content (AvgIpc) is 3.26. The molecule has 20 heavy (non-hydrogen) atoms. The average molecular weight is 266 g/mol. The Kier molecular flexibility index (Phi) is 2.86. The van der Waals surface area contributed by atoms with Gasteiger partial charge in [0.1, 0.15) is 0 Å². The highest BCUT2D eigenvalue weighted by Gasteiger charge is 2.42. The standard InChI is InChI=1S/C18H22N2/c1-12-16-6-7-20(11-13-2-3-13)18(12)9-15-5-4-14(10-19)8-17(15)16/h4-5,8,12-13,16,18H,2-3,6-7,9,11H2,1H3/t12-,16?,18?/m1/s1. The van der Waals surface area contributed by atoms with Gasteiger partial charge in [-0.15, -0.1) is 0 Å². The Labute approximate surface area is 121 Å². The highest BCUT2D eigenvalue weighted by atomic mass is 15.2. The van der Waals surface area contributed by atoms with E-state index in [-0.39, 0.29) is 0 Å². The van der Waals surface area contributed by atoms with E-state index < -0.39 is 0 Å². The molecule has 2 aliphatic carbocycles. The van der Waals surface area contributed by atoms with Crippen molar-refractivity contribution in [2.75, 3.05) is 13.1 Å². The maximum Gasteiger partial charge on any atom is 0.0991 e. The summed E-state index contributed by atoms with van der Waals surface area (Å²) in [6, 6.07) is 9.39. The predicted octanol–water partition coefficient (Wildman–Crippen LogP) is 3.32. The van der Waals surface area contributed by atoms with Gasteiger partial charge in [0.05, 0.1) is 11.6 Å². The zero-order chi connectivity index (χ0) is 13.7. The number of hydrogen-bond donors (Lipinski definition) is 0. The highest BCUT2D eigenvalue weighted by molar-refractivity contribution is 5.43. The van der Waals surface area contributed by atoms with Crippen LogP contribution in [0.15, 0.2) is 18.2 Å². The van der Waals surface area contributed by atoms with E-state index in [1.54, 1.807) is 0 Å². The number of fused-ring (bicyclic) bond motifs is 4. The summed E-state index contributed by atoms with van der Waals surface area (Å²) in [4.78, 5) is 2.76. The third-order valence-electron chi connectivity index (χ3n) is 5.73. The molecule has 0 N–H and O–H groups in total. The first-order valence-electron chi connectivity index (χ1n) is 8.03. The van der Waals surface area contributed by atoms with Gasteiger partial charge in [0.15, 0.2) is 0 Å². The van der Waals surface area contributed by atoms with Crippen molar-refractivity contribution in [3.63, 3.8) is 0 Å². The Bertz CT molecular complexity index is 567. The Morgan fingerprint density at radius 2 is 2.15 bits per heavy atom. The molecule has 0 radical (unpaired) electrons. The number of piperidine rings is 1. The minimum atomic E-state index is 0.674. The molecular weight excluding hydrogens is 244 g/mol. The zero-order valence-corrected chi connectivity index (χ0v) is 12.2. The van der Waals surface area contributed by atoms with Crippen molar-refractivity contribution < 1.29 is 0 Å². The molecule has 2 heteroatoms. The lowest BCUT2D eigenvalue weighted by Crippen LogP contribution is -2.51. The third-order valence-corrected chi connectivity index (χ3v) is 5.73. The van der Waals surface area contributed by atoms with Gasteiger partial charge in [0.2, 0.25) is 0 Å². The summed E-state index contributed by atoms with van der Waals surface area (Å²) in [6.07, 6.45) is 5.35. The molecule has 1 saturated heterocycles. The second kappa shape index (κ2) is 4.60. The number of nitriles is 1. The summed E-state index contributed by atoms with van der Waals surface area (Å²) >= 11 is 0. The number of benzene rings is 1. The normalized spacial score (nSPS) is 32.5. The predicted molar refractivity (Wildman–Crippen MR) is 79.5 cm³/mol. The van der Waals surface area contributed by atoms with E-state index in [0.29, 0.717) is 5.92 Å². The van der Waals surface area contributed by atoms with Crippen LogP contribution in [0, 0.1) is 23.2 Å². The van der Waals surface area contributed by atoms with Gasteiger partial charge in [-0.3, -0.25) is 4.90 Å². The van der Waals surface area contributed by atoms with E-state index >= 15 is 0 Å². The summed E-state index contributed by atoms with van der Waals surface area (Å²) in [5.41, 5.74) is 3.80. The first-order valence-corrected chi connectivity index (χ1v) is 8.03. The van der Waals surface area contributed by atoms with E-state index in [9.17, 15) is 0 Å².